The fraction of sp³-hybridized carbons (Fsp3) is 0.242. The average molecular weight is 533 g/mol. The van der Waals surface area contributed by atoms with E-state index in [9.17, 15) is 4.39 Å². The lowest BCUT2D eigenvalue weighted by molar-refractivity contribution is 0.187. The van der Waals surface area contributed by atoms with Crippen molar-refractivity contribution in [1.82, 2.24) is 14.5 Å². The van der Waals surface area contributed by atoms with Gasteiger partial charge in [-0.2, -0.15) is 0 Å². The summed E-state index contributed by atoms with van der Waals surface area (Å²) in [6.07, 6.45) is 1.97. The van der Waals surface area contributed by atoms with E-state index in [4.69, 9.17) is 21.0 Å². The van der Waals surface area contributed by atoms with Gasteiger partial charge in [-0.25, -0.2) is 19.2 Å². The SMILES string of the molecule is [C-]#[N+]c1ccc(COc2cccc(-c3ccc4c(c3)CCC4c3nc4ccc(C)cc4n3CCOC)n2)c(F)c1. The molecule has 1 unspecified atom stereocenters. The second kappa shape index (κ2) is 10.9. The Balaban J connectivity index is 1.25. The predicted molar refractivity (Wildman–Crippen MR) is 153 cm³/mol. The van der Waals surface area contributed by atoms with Crippen molar-refractivity contribution in [3.63, 3.8) is 0 Å². The van der Waals surface area contributed by atoms with Gasteiger partial charge in [0.15, 0.2) is 5.69 Å². The van der Waals surface area contributed by atoms with Gasteiger partial charge in [-0.3, -0.25) is 0 Å². The molecule has 0 amide bonds. The van der Waals surface area contributed by atoms with Crippen LogP contribution in [0.1, 0.15) is 40.4 Å². The molecule has 40 heavy (non-hydrogen) atoms. The maximum atomic E-state index is 14.3. The topological polar surface area (TPSA) is 53.5 Å². The van der Waals surface area contributed by atoms with Crippen LogP contribution in [0.25, 0.3) is 27.1 Å². The summed E-state index contributed by atoms with van der Waals surface area (Å²) in [5.74, 6) is 1.28. The third kappa shape index (κ3) is 4.94. The Morgan fingerprint density at radius 3 is 2.77 bits per heavy atom. The fourth-order valence-electron chi connectivity index (χ4n) is 5.51. The van der Waals surface area contributed by atoms with E-state index < -0.39 is 5.82 Å². The Labute approximate surface area is 232 Å². The number of aryl methyl sites for hydroxylation is 2. The quantitative estimate of drug-likeness (QED) is 0.195. The van der Waals surface area contributed by atoms with Crippen LogP contribution in [-0.4, -0.2) is 28.3 Å². The van der Waals surface area contributed by atoms with Crippen molar-refractivity contribution in [1.29, 1.82) is 0 Å². The number of benzene rings is 3. The van der Waals surface area contributed by atoms with E-state index in [0.717, 1.165) is 47.5 Å². The first kappa shape index (κ1) is 25.7. The summed E-state index contributed by atoms with van der Waals surface area (Å²) >= 11 is 0. The summed E-state index contributed by atoms with van der Waals surface area (Å²) in [5.41, 5.74) is 8.47. The average Bonchev–Trinajstić information content (AvgIpc) is 3.55. The number of rotatable bonds is 8. The van der Waals surface area contributed by atoms with Gasteiger partial charge in [-0.1, -0.05) is 36.4 Å². The third-order valence-corrected chi connectivity index (χ3v) is 7.55. The molecule has 1 aliphatic carbocycles. The molecule has 0 fully saturated rings. The molecule has 0 radical (unpaired) electrons. The summed E-state index contributed by atoms with van der Waals surface area (Å²) < 4.78 is 27.8. The van der Waals surface area contributed by atoms with E-state index in [1.165, 1.54) is 22.8 Å². The lowest BCUT2D eigenvalue weighted by atomic mass is 9.98. The van der Waals surface area contributed by atoms with Crippen LogP contribution < -0.4 is 4.74 Å². The van der Waals surface area contributed by atoms with Crippen molar-refractivity contribution in [2.24, 2.45) is 0 Å². The highest BCUT2D eigenvalue weighted by atomic mass is 19.1. The molecule has 7 heteroatoms. The third-order valence-electron chi connectivity index (χ3n) is 7.55. The van der Waals surface area contributed by atoms with E-state index in [0.29, 0.717) is 18.1 Å². The maximum absolute atomic E-state index is 14.3. The normalized spacial score (nSPS) is 14.3. The van der Waals surface area contributed by atoms with Crippen molar-refractivity contribution in [3.05, 3.63) is 118 Å². The zero-order chi connectivity index (χ0) is 27.6. The van der Waals surface area contributed by atoms with Crippen LogP contribution in [0.5, 0.6) is 5.88 Å². The molecular weight excluding hydrogens is 503 g/mol. The van der Waals surface area contributed by atoms with Gasteiger partial charge in [0.25, 0.3) is 0 Å². The molecule has 0 N–H and O–H groups in total. The molecule has 2 aromatic heterocycles. The number of pyridine rings is 1. The van der Waals surface area contributed by atoms with Gasteiger partial charge >= 0.3 is 0 Å². The van der Waals surface area contributed by atoms with Crippen molar-refractivity contribution in [2.75, 3.05) is 13.7 Å². The Bertz CT molecular complexity index is 1750. The highest BCUT2D eigenvalue weighted by Gasteiger charge is 2.29. The van der Waals surface area contributed by atoms with Gasteiger partial charge in [-0.15, -0.1) is 0 Å². The second-order valence-electron chi connectivity index (χ2n) is 10.1. The molecule has 5 aromatic rings. The monoisotopic (exact) mass is 532 g/mol. The maximum Gasteiger partial charge on any atom is 0.214 e. The van der Waals surface area contributed by atoms with Crippen LogP contribution in [0.4, 0.5) is 10.1 Å². The largest absolute Gasteiger partial charge is 0.473 e. The Kier molecular flexibility index (Phi) is 7.02. The molecule has 2 heterocycles. The van der Waals surface area contributed by atoms with Gasteiger partial charge in [0.1, 0.15) is 18.2 Å². The lowest BCUT2D eigenvalue weighted by Crippen LogP contribution is -2.12. The number of aromatic nitrogens is 3. The van der Waals surface area contributed by atoms with Crippen molar-refractivity contribution >= 4 is 16.7 Å². The molecule has 6 rings (SSSR count). The molecule has 1 atom stereocenters. The number of methoxy groups -OCH3 is 1. The van der Waals surface area contributed by atoms with Gasteiger partial charge < -0.3 is 14.0 Å². The van der Waals surface area contributed by atoms with Gasteiger partial charge in [0.2, 0.25) is 5.88 Å². The van der Waals surface area contributed by atoms with E-state index in [1.54, 1.807) is 25.3 Å². The number of hydrogen-bond acceptors (Lipinski definition) is 4. The molecule has 200 valence electrons. The van der Waals surface area contributed by atoms with Crippen LogP contribution in [0.2, 0.25) is 0 Å². The number of ether oxygens (including phenoxy) is 2. The first-order chi connectivity index (χ1) is 19.5. The van der Waals surface area contributed by atoms with Crippen LogP contribution in [0, 0.1) is 19.3 Å². The van der Waals surface area contributed by atoms with Crippen LogP contribution in [0.3, 0.4) is 0 Å². The van der Waals surface area contributed by atoms with Crippen LogP contribution in [-0.2, 0) is 24.3 Å². The second-order valence-corrected chi connectivity index (χ2v) is 10.1. The summed E-state index contributed by atoms with van der Waals surface area (Å²) in [4.78, 5) is 13.0. The minimum Gasteiger partial charge on any atom is -0.473 e. The summed E-state index contributed by atoms with van der Waals surface area (Å²) in [6, 6.07) is 23.0. The van der Waals surface area contributed by atoms with Crippen molar-refractivity contribution in [3.8, 4) is 17.1 Å². The molecule has 0 saturated heterocycles. The van der Waals surface area contributed by atoms with Gasteiger partial charge in [0, 0.05) is 36.8 Å². The first-order valence-corrected chi connectivity index (χ1v) is 13.4. The molecule has 6 nitrogen and oxygen atoms in total. The number of halogens is 1. The molecule has 0 aliphatic heterocycles. The minimum absolute atomic E-state index is 0.0377. The molecule has 0 spiro atoms. The van der Waals surface area contributed by atoms with Crippen LogP contribution >= 0.6 is 0 Å². The molecule has 0 bridgehead atoms. The first-order valence-electron chi connectivity index (χ1n) is 13.4. The summed E-state index contributed by atoms with van der Waals surface area (Å²) in [7, 11) is 1.73. The number of imidazole rings is 1. The highest BCUT2D eigenvalue weighted by molar-refractivity contribution is 5.77. The Morgan fingerprint density at radius 2 is 1.95 bits per heavy atom. The zero-order valence-electron chi connectivity index (χ0n) is 22.5. The van der Waals surface area contributed by atoms with E-state index >= 15 is 0 Å². The predicted octanol–water partition coefficient (Wildman–Crippen LogP) is 7.40. The number of hydrogen-bond donors (Lipinski definition) is 0. The van der Waals surface area contributed by atoms with E-state index in [-0.39, 0.29) is 18.2 Å². The summed E-state index contributed by atoms with van der Waals surface area (Å²) in [5, 5.41) is 0. The molecule has 3 aromatic carbocycles. The molecule has 1 aliphatic rings. The van der Waals surface area contributed by atoms with Crippen molar-refractivity contribution in [2.45, 2.75) is 38.8 Å². The van der Waals surface area contributed by atoms with Crippen molar-refractivity contribution < 1.29 is 13.9 Å². The van der Waals surface area contributed by atoms with Gasteiger partial charge in [-0.05, 0) is 66.8 Å². The van der Waals surface area contributed by atoms with Gasteiger partial charge in [0.05, 0.1) is 29.9 Å². The van der Waals surface area contributed by atoms with Crippen LogP contribution in [0.15, 0.2) is 72.8 Å². The zero-order valence-corrected chi connectivity index (χ0v) is 22.5. The number of nitrogens with zero attached hydrogens (tertiary/aromatic N) is 4. The fourth-order valence-corrected chi connectivity index (χ4v) is 5.51. The van der Waals surface area contributed by atoms with E-state index in [1.807, 2.05) is 12.1 Å². The standard InChI is InChI=1S/C33H29FN4O2/c1-21-7-14-30-31(17-21)38(15-16-39-3)33(37-30)27-13-9-22-18-23(10-12-26(22)27)29-5-4-6-32(36-29)40-20-24-8-11-25(35-2)19-28(24)34/h4-8,10-12,14,17-19,27H,9,13,15-16,20H2,1,3H3. The lowest BCUT2D eigenvalue weighted by Gasteiger charge is -2.15. The van der Waals surface area contributed by atoms with E-state index in [2.05, 4.69) is 57.7 Å². The Hall–Kier alpha value is -4.54. The highest BCUT2D eigenvalue weighted by Crippen LogP contribution is 2.40. The smallest absolute Gasteiger partial charge is 0.214 e. The number of fused-ring (bicyclic) bond motifs is 2. The molecule has 0 saturated carbocycles. The molecular formula is C33H29FN4O2. The minimum atomic E-state index is -0.455. The Morgan fingerprint density at radius 1 is 1.05 bits per heavy atom. The summed E-state index contributed by atoms with van der Waals surface area (Å²) in [6.45, 7) is 10.6.